The Morgan fingerprint density at radius 3 is 2.52 bits per heavy atom. The third-order valence-electron chi connectivity index (χ3n) is 5.05. The summed E-state index contributed by atoms with van der Waals surface area (Å²) in [5.74, 6) is -0.498. The van der Waals surface area contributed by atoms with Crippen LogP contribution in [0.2, 0.25) is 0 Å². The SMILES string of the molecule is Cn1c(=O)n(Cc2ccccc2)c(=O)c2c(C(=O)OCCc3ccccc3O)csc21. The van der Waals surface area contributed by atoms with Gasteiger partial charge >= 0.3 is 11.7 Å². The molecule has 0 bridgehead atoms. The number of aryl methyl sites for hydroxylation is 1. The zero-order valence-corrected chi connectivity index (χ0v) is 17.6. The van der Waals surface area contributed by atoms with Crippen molar-refractivity contribution in [1.82, 2.24) is 9.13 Å². The maximum absolute atomic E-state index is 13.1. The van der Waals surface area contributed by atoms with Crippen LogP contribution in [0.3, 0.4) is 0 Å². The molecule has 0 unspecified atom stereocenters. The Hall–Kier alpha value is -3.65. The summed E-state index contributed by atoms with van der Waals surface area (Å²) in [5, 5.41) is 11.5. The molecule has 8 heteroatoms. The Bertz CT molecular complexity index is 1370. The van der Waals surface area contributed by atoms with E-state index in [9.17, 15) is 19.5 Å². The van der Waals surface area contributed by atoms with Crippen LogP contribution in [0.1, 0.15) is 21.5 Å². The zero-order chi connectivity index (χ0) is 22.0. The van der Waals surface area contributed by atoms with E-state index in [-0.39, 0.29) is 29.9 Å². The Labute approximate surface area is 181 Å². The fraction of sp³-hybridized carbons (Fsp3) is 0.174. The van der Waals surface area contributed by atoms with E-state index in [0.717, 1.165) is 21.5 Å². The van der Waals surface area contributed by atoms with Gasteiger partial charge in [-0.05, 0) is 17.2 Å². The monoisotopic (exact) mass is 436 g/mol. The van der Waals surface area contributed by atoms with Crippen molar-refractivity contribution in [3.63, 3.8) is 0 Å². The molecule has 0 spiro atoms. The summed E-state index contributed by atoms with van der Waals surface area (Å²) in [4.78, 5) is 39.0. The highest BCUT2D eigenvalue weighted by molar-refractivity contribution is 7.17. The van der Waals surface area contributed by atoms with Crippen molar-refractivity contribution in [3.8, 4) is 5.75 Å². The maximum Gasteiger partial charge on any atom is 0.339 e. The fourth-order valence-corrected chi connectivity index (χ4v) is 4.40. The number of carbonyl (C=O) groups excluding carboxylic acids is 1. The van der Waals surface area contributed by atoms with Crippen LogP contribution in [-0.2, 0) is 24.8 Å². The summed E-state index contributed by atoms with van der Waals surface area (Å²) in [6.07, 6.45) is 0.344. The van der Waals surface area contributed by atoms with Gasteiger partial charge in [0.2, 0.25) is 0 Å². The molecule has 2 aromatic heterocycles. The van der Waals surface area contributed by atoms with E-state index in [1.54, 1.807) is 36.7 Å². The van der Waals surface area contributed by atoms with Crippen molar-refractivity contribution in [3.05, 3.63) is 97.5 Å². The number of hydrogen-bond acceptors (Lipinski definition) is 6. The number of benzene rings is 2. The number of aromatic nitrogens is 2. The Morgan fingerprint density at radius 1 is 1.06 bits per heavy atom. The first kappa shape index (κ1) is 20.6. The Morgan fingerprint density at radius 2 is 1.77 bits per heavy atom. The van der Waals surface area contributed by atoms with E-state index in [1.807, 2.05) is 30.3 Å². The van der Waals surface area contributed by atoms with Crippen LogP contribution < -0.4 is 11.2 Å². The summed E-state index contributed by atoms with van der Waals surface area (Å²) >= 11 is 1.15. The van der Waals surface area contributed by atoms with Gasteiger partial charge in [-0.25, -0.2) is 9.59 Å². The second-order valence-corrected chi connectivity index (χ2v) is 7.92. The van der Waals surface area contributed by atoms with Gasteiger partial charge in [-0.15, -0.1) is 11.3 Å². The zero-order valence-electron chi connectivity index (χ0n) is 16.8. The standard InChI is InChI=1S/C23H20N2O5S/c1-24-21-19(20(27)25(23(24)29)13-15-7-3-2-4-8-15)17(14-31-21)22(28)30-12-11-16-9-5-6-10-18(16)26/h2-10,14,26H,11-13H2,1H3. The average Bonchev–Trinajstić information content (AvgIpc) is 3.23. The van der Waals surface area contributed by atoms with Gasteiger partial charge < -0.3 is 9.84 Å². The highest BCUT2D eigenvalue weighted by atomic mass is 32.1. The number of phenolic OH excluding ortho intramolecular Hbond substituents is 1. The van der Waals surface area contributed by atoms with Gasteiger partial charge in [0.15, 0.2) is 0 Å². The molecule has 0 aliphatic rings. The first-order chi connectivity index (χ1) is 15.0. The average molecular weight is 436 g/mol. The van der Waals surface area contributed by atoms with E-state index in [2.05, 4.69) is 0 Å². The lowest BCUT2D eigenvalue weighted by atomic mass is 10.1. The van der Waals surface area contributed by atoms with Crippen LogP contribution in [0, 0.1) is 0 Å². The van der Waals surface area contributed by atoms with Gasteiger partial charge in [-0.3, -0.25) is 13.9 Å². The summed E-state index contributed by atoms with van der Waals surface area (Å²) in [6, 6.07) is 16.0. The molecule has 0 aliphatic heterocycles. The van der Waals surface area contributed by atoms with Crippen molar-refractivity contribution < 1.29 is 14.6 Å². The molecule has 0 amide bonds. The number of aromatic hydroxyl groups is 1. The molecule has 4 rings (SSSR count). The number of nitrogens with zero attached hydrogens (tertiary/aromatic N) is 2. The number of para-hydroxylation sites is 1. The van der Waals surface area contributed by atoms with Crippen LogP contribution in [0.15, 0.2) is 69.6 Å². The molecule has 2 heterocycles. The van der Waals surface area contributed by atoms with Crippen LogP contribution in [-0.4, -0.2) is 26.8 Å². The van der Waals surface area contributed by atoms with Gasteiger partial charge in [0.25, 0.3) is 5.56 Å². The van der Waals surface area contributed by atoms with Gasteiger partial charge in [-0.2, -0.15) is 0 Å². The third-order valence-corrected chi connectivity index (χ3v) is 6.11. The predicted molar refractivity (Wildman–Crippen MR) is 119 cm³/mol. The summed E-state index contributed by atoms with van der Waals surface area (Å²) in [7, 11) is 1.58. The maximum atomic E-state index is 13.1. The largest absolute Gasteiger partial charge is 0.508 e. The molecule has 7 nitrogen and oxygen atoms in total. The molecule has 1 N–H and O–H groups in total. The molecule has 0 saturated carbocycles. The minimum Gasteiger partial charge on any atom is -0.508 e. The smallest absolute Gasteiger partial charge is 0.339 e. The molecule has 0 saturated heterocycles. The molecule has 0 radical (unpaired) electrons. The number of thiophene rings is 1. The molecule has 31 heavy (non-hydrogen) atoms. The second-order valence-electron chi connectivity index (χ2n) is 7.06. The molecular formula is C23H20N2O5S. The number of rotatable bonds is 6. The molecule has 4 aromatic rings. The lowest BCUT2D eigenvalue weighted by molar-refractivity contribution is 0.0511. The first-order valence-electron chi connectivity index (χ1n) is 9.66. The normalized spacial score (nSPS) is 11.0. The van der Waals surface area contributed by atoms with E-state index < -0.39 is 17.2 Å². The molecule has 0 atom stereocenters. The van der Waals surface area contributed by atoms with Crippen molar-refractivity contribution in [2.24, 2.45) is 7.05 Å². The number of hydrogen-bond donors (Lipinski definition) is 1. The van der Waals surface area contributed by atoms with Crippen LogP contribution in [0.4, 0.5) is 0 Å². The van der Waals surface area contributed by atoms with Crippen LogP contribution >= 0.6 is 11.3 Å². The topological polar surface area (TPSA) is 90.5 Å². The van der Waals surface area contributed by atoms with Crippen molar-refractivity contribution >= 4 is 27.5 Å². The lowest BCUT2D eigenvalue weighted by Gasteiger charge is -2.10. The van der Waals surface area contributed by atoms with E-state index in [1.165, 1.54) is 4.57 Å². The number of ether oxygens (including phenoxy) is 1. The first-order valence-corrected chi connectivity index (χ1v) is 10.5. The Kier molecular flexibility index (Phi) is 5.73. The number of fused-ring (bicyclic) bond motifs is 1. The van der Waals surface area contributed by atoms with Gasteiger partial charge in [0.1, 0.15) is 10.6 Å². The Balaban J connectivity index is 1.64. The fourth-order valence-electron chi connectivity index (χ4n) is 3.40. The minimum absolute atomic E-state index is 0.0533. The number of phenols is 1. The molecular weight excluding hydrogens is 416 g/mol. The van der Waals surface area contributed by atoms with Crippen LogP contribution in [0.5, 0.6) is 5.75 Å². The van der Waals surface area contributed by atoms with E-state index in [4.69, 9.17) is 4.74 Å². The summed E-state index contributed by atoms with van der Waals surface area (Å²) < 4.78 is 7.86. The van der Waals surface area contributed by atoms with Gasteiger partial charge in [-0.1, -0.05) is 48.5 Å². The number of carbonyl (C=O) groups is 1. The van der Waals surface area contributed by atoms with Crippen LogP contribution in [0.25, 0.3) is 10.2 Å². The molecule has 2 aromatic carbocycles. The molecule has 0 fully saturated rings. The van der Waals surface area contributed by atoms with Crippen molar-refractivity contribution in [2.45, 2.75) is 13.0 Å². The highest BCUT2D eigenvalue weighted by Gasteiger charge is 2.21. The summed E-state index contributed by atoms with van der Waals surface area (Å²) in [5.41, 5.74) is 0.652. The van der Waals surface area contributed by atoms with E-state index in [0.29, 0.717) is 16.8 Å². The molecule has 0 aliphatic carbocycles. The summed E-state index contributed by atoms with van der Waals surface area (Å²) in [6.45, 7) is 0.164. The predicted octanol–water partition coefficient (Wildman–Crippen LogP) is 2.92. The van der Waals surface area contributed by atoms with Crippen molar-refractivity contribution in [1.29, 1.82) is 0 Å². The second kappa shape index (κ2) is 8.61. The minimum atomic E-state index is -0.635. The van der Waals surface area contributed by atoms with Gasteiger partial charge in [0, 0.05) is 18.8 Å². The number of esters is 1. The third kappa shape index (κ3) is 4.02. The highest BCUT2D eigenvalue weighted by Crippen LogP contribution is 2.23. The quantitative estimate of drug-likeness (QED) is 0.470. The molecule has 158 valence electrons. The lowest BCUT2D eigenvalue weighted by Crippen LogP contribution is -2.39. The van der Waals surface area contributed by atoms with E-state index >= 15 is 0 Å². The van der Waals surface area contributed by atoms with Crippen molar-refractivity contribution in [2.75, 3.05) is 6.61 Å². The van der Waals surface area contributed by atoms with Gasteiger partial charge in [0.05, 0.1) is 24.1 Å².